The first-order valence-corrected chi connectivity index (χ1v) is 7.84. The summed E-state index contributed by atoms with van der Waals surface area (Å²) in [6.45, 7) is 1.14. The van der Waals surface area contributed by atoms with Gasteiger partial charge in [-0.05, 0) is 51.3 Å². The Hall–Kier alpha value is -1.07. The van der Waals surface area contributed by atoms with Crippen LogP contribution in [0.2, 0.25) is 0 Å². The van der Waals surface area contributed by atoms with Gasteiger partial charge in [0.25, 0.3) is 0 Å². The van der Waals surface area contributed by atoms with Gasteiger partial charge in [-0.3, -0.25) is 0 Å². The van der Waals surface area contributed by atoms with Gasteiger partial charge in [-0.25, -0.2) is 4.39 Å². The van der Waals surface area contributed by atoms with E-state index in [0.29, 0.717) is 17.7 Å². The van der Waals surface area contributed by atoms with E-state index in [1.165, 1.54) is 6.07 Å². The van der Waals surface area contributed by atoms with E-state index in [1.807, 2.05) is 18.2 Å². The molecule has 20 heavy (non-hydrogen) atoms. The van der Waals surface area contributed by atoms with Crippen molar-refractivity contribution in [2.45, 2.75) is 4.83 Å². The van der Waals surface area contributed by atoms with Crippen molar-refractivity contribution in [2.24, 2.45) is 0 Å². The zero-order valence-corrected chi connectivity index (χ0v) is 13.6. The summed E-state index contributed by atoms with van der Waals surface area (Å²) in [6, 6.07) is 10.8. The molecular weight excluding hydrogens is 391 g/mol. The average molecular weight is 402 g/mol. The van der Waals surface area contributed by atoms with E-state index in [0.717, 1.165) is 22.6 Å². The molecule has 2 aromatic rings. The molecule has 0 spiro atoms. The van der Waals surface area contributed by atoms with Crippen LogP contribution >= 0.6 is 31.9 Å². The van der Waals surface area contributed by atoms with Gasteiger partial charge in [-0.15, -0.1) is 0 Å². The molecule has 0 bridgehead atoms. The van der Waals surface area contributed by atoms with Crippen molar-refractivity contribution in [3.05, 3.63) is 57.8 Å². The zero-order chi connectivity index (χ0) is 14.1. The van der Waals surface area contributed by atoms with Crippen LogP contribution in [0.4, 0.5) is 4.39 Å². The van der Waals surface area contributed by atoms with Gasteiger partial charge in [0.05, 0.1) is 9.30 Å². The van der Waals surface area contributed by atoms with Crippen LogP contribution in [-0.4, -0.2) is 13.2 Å². The van der Waals surface area contributed by atoms with Crippen LogP contribution in [0.25, 0.3) is 0 Å². The Kier molecular flexibility index (Phi) is 3.98. The highest BCUT2D eigenvalue weighted by Gasteiger charge is 2.17. The summed E-state index contributed by atoms with van der Waals surface area (Å²) < 4.78 is 24.8. The molecule has 1 unspecified atom stereocenters. The van der Waals surface area contributed by atoms with Crippen molar-refractivity contribution in [3.63, 3.8) is 0 Å². The molecular formula is C15H11Br2FO2. The highest BCUT2D eigenvalue weighted by molar-refractivity contribution is 9.10. The number of alkyl halides is 1. The molecule has 0 aliphatic carbocycles. The van der Waals surface area contributed by atoms with Crippen molar-refractivity contribution in [3.8, 4) is 11.5 Å². The largest absolute Gasteiger partial charge is 0.486 e. The highest BCUT2D eigenvalue weighted by Crippen LogP contribution is 2.38. The molecule has 0 fully saturated rings. The topological polar surface area (TPSA) is 18.5 Å². The van der Waals surface area contributed by atoms with E-state index in [2.05, 4.69) is 31.9 Å². The van der Waals surface area contributed by atoms with Crippen LogP contribution in [0, 0.1) is 5.82 Å². The predicted octanol–water partition coefficient (Wildman–Crippen LogP) is 4.84. The zero-order valence-electron chi connectivity index (χ0n) is 10.4. The number of benzene rings is 2. The van der Waals surface area contributed by atoms with E-state index in [9.17, 15) is 4.39 Å². The molecule has 104 valence electrons. The minimum absolute atomic E-state index is 0.0322. The summed E-state index contributed by atoms with van der Waals surface area (Å²) in [5.41, 5.74) is 2.00. The number of hydrogen-bond donors (Lipinski definition) is 0. The maximum absolute atomic E-state index is 13.3. The van der Waals surface area contributed by atoms with Crippen molar-refractivity contribution >= 4 is 31.9 Å². The Labute approximate surface area is 133 Å². The van der Waals surface area contributed by atoms with Gasteiger partial charge in [0, 0.05) is 0 Å². The van der Waals surface area contributed by atoms with Crippen LogP contribution in [-0.2, 0) is 0 Å². The second-order valence-corrected chi connectivity index (χ2v) is 6.21. The molecule has 1 aliphatic heterocycles. The third-order valence-corrected chi connectivity index (χ3v) is 4.76. The van der Waals surface area contributed by atoms with E-state index < -0.39 is 0 Å². The lowest BCUT2D eigenvalue weighted by Gasteiger charge is -2.20. The first-order valence-electron chi connectivity index (χ1n) is 6.14. The molecule has 5 heteroatoms. The summed E-state index contributed by atoms with van der Waals surface area (Å²) in [6.07, 6.45) is 0. The van der Waals surface area contributed by atoms with Gasteiger partial charge in [0.15, 0.2) is 11.5 Å². The van der Waals surface area contributed by atoms with Gasteiger partial charge in [-0.1, -0.05) is 28.1 Å². The van der Waals surface area contributed by atoms with Gasteiger partial charge in [0.1, 0.15) is 19.0 Å². The van der Waals surface area contributed by atoms with Crippen LogP contribution < -0.4 is 9.47 Å². The normalized spacial score (nSPS) is 14.9. The SMILES string of the molecule is Fc1ccc(C(Br)c2ccc3c(c2)OCCO3)cc1Br. The second kappa shape index (κ2) is 5.74. The Morgan fingerprint density at radius 1 is 0.950 bits per heavy atom. The van der Waals surface area contributed by atoms with Crippen LogP contribution in [0.3, 0.4) is 0 Å². The van der Waals surface area contributed by atoms with E-state index in [4.69, 9.17) is 9.47 Å². The summed E-state index contributed by atoms with van der Waals surface area (Å²) in [5, 5.41) is 0. The number of hydrogen-bond acceptors (Lipinski definition) is 2. The maximum Gasteiger partial charge on any atom is 0.161 e. The lowest BCUT2D eigenvalue weighted by Crippen LogP contribution is -2.15. The number of ether oxygens (including phenoxy) is 2. The Bertz CT molecular complexity index is 646. The van der Waals surface area contributed by atoms with Crippen LogP contribution in [0.5, 0.6) is 11.5 Å². The smallest absolute Gasteiger partial charge is 0.161 e. The van der Waals surface area contributed by atoms with Gasteiger partial charge >= 0.3 is 0 Å². The Morgan fingerprint density at radius 3 is 2.35 bits per heavy atom. The second-order valence-electron chi connectivity index (χ2n) is 4.44. The van der Waals surface area contributed by atoms with Crippen molar-refractivity contribution in [1.82, 2.24) is 0 Å². The predicted molar refractivity (Wildman–Crippen MR) is 82.3 cm³/mol. The molecule has 0 saturated heterocycles. The fraction of sp³-hybridized carbons (Fsp3) is 0.200. The van der Waals surface area contributed by atoms with Gasteiger partial charge in [-0.2, -0.15) is 0 Å². The molecule has 0 aromatic heterocycles. The first kappa shape index (κ1) is 13.9. The summed E-state index contributed by atoms with van der Waals surface area (Å²) >= 11 is 6.85. The molecule has 2 aromatic carbocycles. The Balaban J connectivity index is 1.93. The molecule has 1 atom stereocenters. The monoisotopic (exact) mass is 400 g/mol. The summed E-state index contributed by atoms with van der Waals surface area (Å²) in [5.74, 6) is 1.25. The minimum atomic E-state index is -0.268. The van der Waals surface area contributed by atoms with E-state index >= 15 is 0 Å². The molecule has 3 rings (SSSR count). The van der Waals surface area contributed by atoms with Crippen LogP contribution in [0.15, 0.2) is 40.9 Å². The van der Waals surface area contributed by atoms with Gasteiger partial charge < -0.3 is 9.47 Å². The third-order valence-electron chi connectivity index (χ3n) is 3.10. The maximum atomic E-state index is 13.3. The number of rotatable bonds is 2. The van der Waals surface area contributed by atoms with E-state index in [1.54, 1.807) is 12.1 Å². The summed E-state index contributed by atoms with van der Waals surface area (Å²) in [4.78, 5) is -0.0322. The molecule has 0 N–H and O–H groups in total. The molecule has 1 heterocycles. The quantitative estimate of drug-likeness (QED) is 0.670. The van der Waals surface area contributed by atoms with Gasteiger partial charge in [0.2, 0.25) is 0 Å². The number of halogens is 3. The fourth-order valence-corrected chi connectivity index (χ4v) is 3.05. The minimum Gasteiger partial charge on any atom is -0.486 e. The fourth-order valence-electron chi connectivity index (χ4n) is 2.08. The average Bonchev–Trinajstić information content (AvgIpc) is 2.49. The van der Waals surface area contributed by atoms with E-state index in [-0.39, 0.29) is 10.6 Å². The van der Waals surface area contributed by atoms with Crippen molar-refractivity contribution in [2.75, 3.05) is 13.2 Å². The third kappa shape index (κ3) is 2.69. The molecule has 0 amide bonds. The van der Waals surface area contributed by atoms with Crippen molar-refractivity contribution < 1.29 is 13.9 Å². The molecule has 0 saturated carbocycles. The highest BCUT2D eigenvalue weighted by atomic mass is 79.9. The molecule has 0 radical (unpaired) electrons. The van der Waals surface area contributed by atoms with Crippen molar-refractivity contribution in [1.29, 1.82) is 0 Å². The standard InChI is InChI=1S/C15H11Br2FO2/c16-11-7-9(1-3-12(11)18)15(17)10-2-4-13-14(8-10)20-6-5-19-13/h1-4,7-8,15H,5-6H2. The number of fused-ring (bicyclic) bond motifs is 1. The molecule has 1 aliphatic rings. The lowest BCUT2D eigenvalue weighted by atomic mass is 10.0. The van der Waals surface area contributed by atoms with Crippen LogP contribution in [0.1, 0.15) is 16.0 Å². The first-order chi connectivity index (χ1) is 9.65. The Morgan fingerprint density at radius 2 is 1.60 bits per heavy atom. The lowest BCUT2D eigenvalue weighted by molar-refractivity contribution is 0.171. The summed E-state index contributed by atoms with van der Waals surface area (Å²) in [7, 11) is 0. The molecule has 2 nitrogen and oxygen atoms in total.